The van der Waals surface area contributed by atoms with Crippen molar-refractivity contribution in [2.75, 3.05) is 0 Å². The number of rotatable bonds is 0. The molecule has 0 unspecified atom stereocenters. The Hall–Kier alpha value is -0.464. The van der Waals surface area contributed by atoms with Crippen molar-refractivity contribution < 1.29 is 98.2 Å². The third-order valence-corrected chi connectivity index (χ3v) is 5.71. The summed E-state index contributed by atoms with van der Waals surface area (Å²) in [7, 11) is -18.3. The van der Waals surface area contributed by atoms with Crippen LogP contribution in [0, 0.1) is 0 Å². The third kappa shape index (κ3) is 31.6. The van der Waals surface area contributed by atoms with Crippen LogP contribution in [0.25, 0.3) is 0 Å². The molecule has 0 aliphatic rings. The van der Waals surface area contributed by atoms with E-state index >= 15 is 0 Å². The Kier molecular flexibility index (Phi) is 35.9. The summed E-state index contributed by atoms with van der Waals surface area (Å²) in [5.74, 6) is 2.29. The molecule has 0 aromatic carbocycles. The van der Waals surface area contributed by atoms with Crippen LogP contribution in [0.3, 0.4) is 0 Å². The molecule has 15 N–H and O–H groups in total. The second-order valence-electron chi connectivity index (χ2n) is 3.96. The largest absolute Gasteiger partial charge is 2.00 e. The van der Waals surface area contributed by atoms with E-state index in [9.17, 15) is 39.5 Å². The van der Waals surface area contributed by atoms with Crippen molar-refractivity contribution in [3.8, 4) is 0 Å². The molecule has 0 bridgehead atoms. The van der Waals surface area contributed by atoms with E-state index < -0.39 is 46.9 Å². The van der Waals surface area contributed by atoms with Gasteiger partial charge in [-0.3, -0.25) is 0 Å². The zero-order valence-corrected chi connectivity index (χ0v) is 24.1. The quantitative estimate of drug-likeness (QED) is 0.108. The van der Waals surface area contributed by atoms with Crippen LogP contribution in [-0.4, -0.2) is 68.9 Å². The second kappa shape index (κ2) is 21.5. The van der Waals surface area contributed by atoms with Gasteiger partial charge in [0.15, 0.2) is 30.4 Å². The molecular weight excluding hydrogens is 846 g/mol. The standard InChI is InChI=1S/C5H7Se.3CHF3O3S.5H3N.Os/c1-6-4-2-3-5-6;3*2-1(3,4)8(5,6)7;;;;;;/h2-5H,1H3;3*(H,5,6,7);5*1H3;/q+1;;;;;;;;;+2/p-3. The molecule has 0 aliphatic carbocycles. The zero-order chi connectivity index (χ0) is 25.4. The monoisotopic (exact) mass is 871 g/mol. The van der Waals surface area contributed by atoms with Crippen LogP contribution < -0.4 is 30.8 Å². The Morgan fingerprint density at radius 2 is 0.639 bits per heavy atom. The summed E-state index contributed by atoms with van der Waals surface area (Å²) in [6, 6.07) is 4.26. The molecule has 0 fully saturated rings. The Balaban J connectivity index is -0.0000000366. The fraction of sp³-hybridized carbons (Fsp3) is 0.500. The average Bonchev–Trinajstić information content (AvgIpc) is 2.84. The van der Waals surface area contributed by atoms with Gasteiger partial charge in [0.2, 0.25) is 0 Å². The van der Waals surface area contributed by atoms with E-state index in [-0.39, 0.29) is 64.0 Å². The molecule has 0 spiro atoms. The smallest absolute Gasteiger partial charge is 0.741 e. The number of hydrogen-bond acceptors (Lipinski definition) is 14. The summed E-state index contributed by atoms with van der Waals surface area (Å²) in [4.78, 5) is 4.58. The van der Waals surface area contributed by atoms with E-state index in [2.05, 4.69) is 27.8 Å². The molecular formula is C8H22F9N5O9OsS3Se. The molecule has 0 saturated carbocycles. The summed E-state index contributed by atoms with van der Waals surface area (Å²) in [5, 5.41) is 0. The molecule has 1 aromatic heterocycles. The average molecular weight is 869 g/mol. The SMILES string of the molecule is C[se+]1cccc1.N.N.N.N.N.O=S(=O)([O-])C(F)(F)F.O=S(=O)([O-])C(F)(F)F.O=S(=O)([O-])C(F)(F)F.[Os+2]. The fourth-order valence-electron chi connectivity index (χ4n) is 0.384. The number of aryl methyl sites for hydroxylation is 1. The van der Waals surface area contributed by atoms with E-state index in [4.69, 9.17) is 38.9 Å². The first-order valence-corrected chi connectivity index (χ1v) is 13.6. The first-order valence-electron chi connectivity index (χ1n) is 5.69. The summed E-state index contributed by atoms with van der Waals surface area (Å²) in [6.07, 6.45) is 0. The van der Waals surface area contributed by atoms with E-state index in [0.717, 1.165) is 0 Å². The van der Waals surface area contributed by atoms with Crippen LogP contribution in [0.2, 0.25) is 0 Å². The van der Waals surface area contributed by atoms with Crippen LogP contribution in [0.15, 0.2) is 22.0 Å². The minimum absolute atomic E-state index is 0. The summed E-state index contributed by atoms with van der Waals surface area (Å²) in [6.45, 7) is 0. The fourth-order valence-corrected chi connectivity index (χ4v) is 2.00. The first-order chi connectivity index (χ1) is 12.6. The van der Waals surface area contributed by atoms with Gasteiger partial charge in [-0.05, 0) is 0 Å². The Morgan fingerprint density at radius 3 is 0.667 bits per heavy atom. The molecule has 28 heteroatoms. The Bertz CT molecular complexity index is 854. The van der Waals surface area contributed by atoms with Gasteiger partial charge < -0.3 is 44.4 Å². The van der Waals surface area contributed by atoms with Crippen molar-refractivity contribution in [1.29, 1.82) is 0 Å². The molecule has 1 rings (SSSR count). The van der Waals surface area contributed by atoms with Crippen molar-refractivity contribution in [1.82, 2.24) is 30.8 Å². The molecule has 0 saturated heterocycles. The van der Waals surface area contributed by atoms with E-state index in [1.54, 1.807) is 0 Å². The summed E-state index contributed by atoms with van der Waals surface area (Å²) < 4.78 is 177. The number of hydrogen-bond donors (Lipinski definition) is 5. The van der Waals surface area contributed by atoms with Gasteiger partial charge in [0.1, 0.15) is 0 Å². The van der Waals surface area contributed by atoms with E-state index in [1.165, 1.54) is 0 Å². The van der Waals surface area contributed by atoms with Crippen molar-refractivity contribution in [3.05, 3.63) is 22.0 Å². The predicted molar refractivity (Wildman–Crippen MR) is 101 cm³/mol. The van der Waals surface area contributed by atoms with Crippen LogP contribution in [0.1, 0.15) is 0 Å². The van der Waals surface area contributed by atoms with Gasteiger partial charge in [-0.2, -0.15) is 39.5 Å². The van der Waals surface area contributed by atoms with Gasteiger partial charge in [0.05, 0.1) is 0 Å². The van der Waals surface area contributed by atoms with Crippen LogP contribution in [0.4, 0.5) is 39.5 Å². The molecule has 0 amide bonds. The van der Waals surface area contributed by atoms with Gasteiger partial charge in [-0.15, -0.1) is 0 Å². The minimum Gasteiger partial charge on any atom is -0.741 e. The van der Waals surface area contributed by atoms with Crippen molar-refractivity contribution in [2.45, 2.75) is 16.5 Å². The van der Waals surface area contributed by atoms with Gasteiger partial charge in [-0.25, -0.2) is 25.3 Å². The maximum Gasteiger partial charge on any atom is 2.00 e. The van der Waals surface area contributed by atoms with Crippen molar-refractivity contribution in [3.63, 3.8) is 0 Å². The number of alkyl halides is 9. The van der Waals surface area contributed by atoms with Gasteiger partial charge in [-0.1, -0.05) is 0 Å². The van der Waals surface area contributed by atoms with Crippen LogP contribution >= 0.6 is 0 Å². The molecule has 36 heavy (non-hydrogen) atoms. The van der Waals surface area contributed by atoms with Crippen molar-refractivity contribution >= 4 is 43.8 Å². The predicted octanol–water partition coefficient (Wildman–Crippen LogP) is 1.93. The second-order valence-corrected chi connectivity index (χ2v) is 11.8. The molecule has 0 radical (unpaired) electrons. The number of halogens is 9. The molecule has 1 aromatic rings. The van der Waals surface area contributed by atoms with Gasteiger partial charge >= 0.3 is 77.6 Å². The molecule has 0 aliphatic heterocycles. The maximum absolute atomic E-state index is 10.7. The summed E-state index contributed by atoms with van der Waals surface area (Å²) in [5.41, 5.74) is -16.9. The van der Waals surface area contributed by atoms with Gasteiger partial charge in [0.25, 0.3) is 0 Å². The maximum atomic E-state index is 10.7. The molecule has 0 atom stereocenters. The third-order valence-electron chi connectivity index (χ3n) is 1.55. The molecule has 14 nitrogen and oxygen atoms in total. The van der Waals surface area contributed by atoms with Crippen LogP contribution in [-0.2, 0) is 56.0 Å². The first kappa shape index (κ1) is 60.2. The Labute approximate surface area is 216 Å². The van der Waals surface area contributed by atoms with Crippen molar-refractivity contribution in [2.24, 2.45) is 5.82 Å². The summed E-state index contributed by atoms with van der Waals surface area (Å²) >= 11 is -0.301. The topological polar surface area (TPSA) is 347 Å². The Morgan fingerprint density at radius 1 is 0.528 bits per heavy atom. The molecule has 1 heterocycles. The zero-order valence-electron chi connectivity index (χ0n) is 17.4. The molecule has 228 valence electrons. The minimum atomic E-state index is -6.09. The normalized spacial score (nSPS) is 10.8. The van der Waals surface area contributed by atoms with E-state index in [1.807, 2.05) is 0 Å². The van der Waals surface area contributed by atoms with Crippen LogP contribution in [0.5, 0.6) is 0 Å². The van der Waals surface area contributed by atoms with E-state index in [0.29, 0.717) is 0 Å². The van der Waals surface area contributed by atoms with Gasteiger partial charge in [0, 0.05) is 0 Å².